The Morgan fingerprint density at radius 3 is 2.58 bits per heavy atom. The van der Waals surface area contributed by atoms with Crippen LogP contribution in [0.2, 0.25) is 0 Å². The molecule has 0 spiro atoms. The molecule has 5 heteroatoms. The van der Waals surface area contributed by atoms with Crippen LogP contribution in [-0.2, 0) is 13.0 Å². The second kappa shape index (κ2) is 7.11. The minimum atomic E-state index is -0.00939. The zero-order valence-corrected chi connectivity index (χ0v) is 11.7. The summed E-state index contributed by atoms with van der Waals surface area (Å²) >= 11 is 1.54. The number of hydrogen-bond acceptors (Lipinski definition) is 5. The number of aromatic nitrogens is 1. The molecule has 0 unspecified atom stereocenters. The van der Waals surface area contributed by atoms with Crippen LogP contribution < -0.4 is 9.47 Å². The number of ether oxygens (including phenoxy) is 2. The number of aliphatic hydroxyl groups excluding tert-OH is 1. The number of benzene rings is 1. The molecule has 102 valence electrons. The second-order valence-corrected chi connectivity index (χ2v) is 4.81. The predicted octanol–water partition coefficient (Wildman–Crippen LogP) is 2.66. The van der Waals surface area contributed by atoms with Crippen LogP contribution in [0.4, 0.5) is 0 Å². The zero-order valence-electron chi connectivity index (χ0n) is 10.8. The maximum atomic E-state index is 8.95. The first-order valence-corrected chi connectivity index (χ1v) is 7.10. The van der Waals surface area contributed by atoms with E-state index in [-0.39, 0.29) is 6.61 Å². The van der Waals surface area contributed by atoms with E-state index in [4.69, 9.17) is 14.6 Å². The Morgan fingerprint density at radius 2 is 1.95 bits per heavy atom. The van der Waals surface area contributed by atoms with Gasteiger partial charge in [0.1, 0.15) is 0 Å². The van der Waals surface area contributed by atoms with Gasteiger partial charge in [0.2, 0.25) is 0 Å². The normalized spacial score (nSPS) is 10.4. The van der Waals surface area contributed by atoms with Gasteiger partial charge in [-0.15, -0.1) is 11.3 Å². The summed E-state index contributed by atoms with van der Waals surface area (Å²) in [6, 6.07) is 7.63. The molecule has 0 aliphatic rings. The Bertz CT molecular complexity index is 513. The van der Waals surface area contributed by atoms with Gasteiger partial charge in [-0.25, -0.2) is 4.98 Å². The van der Waals surface area contributed by atoms with E-state index in [0.29, 0.717) is 13.2 Å². The molecule has 0 saturated heterocycles. The van der Waals surface area contributed by atoms with Crippen molar-refractivity contribution in [3.05, 3.63) is 40.3 Å². The lowest BCUT2D eigenvalue weighted by molar-refractivity contribution is 0.274. The van der Waals surface area contributed by atoms with Crippen molar-refractivity contribution in [2.75, 3.05) is 13.2 Å². The molecule has 0 aliphatic carbocycles. The average molecular weight is 279 g/mol. The van der Waals surface area contributed by atoms with Gasteiger partial charge in [-0.3, -0.25) is 0 Å². The summed E-state index contributed by atoms with van der Waals surface area (Å²) in [6.07, 6.45) is 0.727. The smallest absolute Gasteiger partial charge is 0.161 e. The van der Waals surface area contributed by atoms with E-state index in [1.807, 2.05) is 36.6 Å². The molecule has 0 fully saturated rings. The largest absolute Gasteiger partial charge is 0.490 e. The Morgan fingerprint density at radius 1 is 1.21 bits per heavy atom. The topological polar surface area (TPSA) is 51.6 Å². The third kappa shape index (κ3) is 3.94. The maximum Gasteiger partial charge on any atom is 0.161 e. The van der Waals surface area contributed by atoms with Gasteiger partial charge in [0.25, 0.3) is 0 Å². The maximum absolute atomic E-state index is 8.95. The van der Waals surface area contributed by atoms with Gasteiger partial charge in [0.15, 0.2) is 11.5 Å². The fourth-order valence-electron chi connectivity index (χ4n) is 1.63. The van der Waals surface area contributed by atoms with E-state index < -0.39 is 0 Å². The summed E-state index contributed by atoms with van der Waals surface area (Å²) < 4.78 is 11.2. The van der Waals surface area contributed by atoms with Crippen LogP contribution in [0.1, 0.15) is 17.6 Å². The summed E-state index contributed by atoms with van der Waals surface area (Å²) in [5, 5.41) is 11.8. The van der Waals surface area contributed by atoms with Gasteiger partial charge < -0.3 is 14.6 Å². The summed E-state index contributed by atoms with van der Waals surface area (Å²) in [7, 11) is 0. The van der Waals surface area contributed by atoms with E-state index in [2.05, 4.69) is 4.98 Å². The van der Waals surface area contributed by atoms with Crippen LogP contribution in [0.5, 0.6) is 11.5 Å². The second-order valence-electron chi connectivity index (χ2n) is 3.87. The highest BCUT2D eigenvalue weighted by Crippen LogP contribution is 2.26. The first-order chi connectivity index (χ1) is 9.33. The molecule has 0 atom stereocenters. The molecule has 1 N–H and O–H groups in total. The lowest BCUT2D eigenvalue weighted by Crippen LogP contribution is -2.03. The molecular weight excluding hydrogens is 262 g/mol. The number of thiazole rings is 1. The minimum absolute atomic E-state index is 0.00939. The molecule has 0 amide bonds. The molecule has 1 aromatic heterocycles. The molecule has 0 aliphatic heterocycles. The van der Waals surface area contributed by atoms with Crippen molar-refractivity contribution in [1.82, 2.24) is 4.98 Å². The SMILES string of the molecule is CCOc1ccccc1OCCc1nc(CO)cs1. The molecule has 1 aromatic carbocycles. The zero-order chi connectivity index (χ0) is 13.5. The van der Waals surface area contributed by atoms with E-state index in [9.17, 15) is 0 Å². The number of para-hydroxylation sites is 2. The van der Waals surface area contributed by atoms with Gasteiger partial charge >= 0.3 is 0 Å². The van der Waals surface area contributed by atoms with Gasteiger partial charge in [0, 0.05) is 11.8 Å². The molecule has 1 heterocycles. The summed E-state index contributed by atoms with van der Waals surface area (Å²) in [4.78, 5) is 4.28. The van der Waals surface area contributed by atoms with Gasteiger partial charge in [0.05, 0.1) is 30.5 Å². The Hall–Kier alpha value is -1.59. The van der Waals surface area contributed by atoms with Crippen LogP contribution >= 0.6 is 11.3 Å². The van der Waals surface area contributed by atoms with Crippen molar-refractivity contribution in [3.8, 4) is 11.5 Å². The highest BCUT2D eigenvalue weighted by atomic mass is 32.1. The highest BCUT2D eigenvalue weighted by molar-refractivity contribution is 7.09. The molecule has 0 radical (unpaired) electrons. The first kappa shape index (κ1) is 13.8. The van der Waals surface area contributed by atoms with Crippen molar-refractivity contribution in [3.63, 3.8) is 0 Å². The lowest BCUT2D eigenvalue weighted by atomic mass is 10.3. The van der Waals surface area contributed by atoms with Crippen LogP contribution in [0.3, 0.4) is 0 Å². The number of rotatable bonds is 7. The first-order valence-electron chi connectivity index (χ1n) is 6.22. The Balaban J connectivity index is 1.88. The van der Waals surface area contributed by atoms with Gasteiger partial charge in [-0.2, -0.15) is 0 Å². The number of nitrogens with zero attached hydrogens (tertiary/aromatic N) is 1. The van der Waals surface area contributed by atoms with E-state index in [1.165, 1.54) is 0 Å². The standard InChI is InChI=1S/C14H17NO3S/c1-2-17-12-5-3-4-6-13(12)18-8-7-14-15-11(9-16)10-19-14/h3-6,10,16H,2,7-9H2,1H3. The monoisotopic (exact) mass is 279 g/mol. The van der Waals surface area contributed by atoms with Crippen molar-refractivity contribution in [2.45, 2.75) is 20.0 Å². The third-order valence-electron chi connectivity index (χ3n) is 2.48. The molecule has 0 bridgehead atoms. The average Bonchev–Trinajstić information content (AvgIpc) is 2.89. The third-order valence-corrected chi connectivity index (χ3v) is 3.44. The van der Waals surface area contributed by atoms with Gasteiger partial charge in [-0.05, 0) is 19.1 Å². The van der Waals surface area contributed by atoms with E-state index in [0.717, 1.165) is 28.6 Å². The van der Waals surface area contributed by atoms with Crippen molar-refractivity contribution in [2.24, 2.45) is 0 Å². The van der Waals surface area contributed by atoms with Gasteiger partial charge in [-0.1, -0.05) is 12.1 Å². The summed E-state index contributed by atoms with van der Waals surface area (Å²) in [6.45, 7) is 3.10. The summed E-state index contributed by atoms with van der Waals surface area (Å²) in [5.74, 6) is 1.52. The number of aliphatic hydroxyl groups is 1. The van der Waals surface area contributed by atoms with Crippen LogP contribution in [0.15, 0.2) is 29.6 Å². The summed E-state index contributed by atoms with van der Waals surface area (Å²) in [5.41, 5.74) is 0.717. The Kier molecular flexibility index (Phi) is 5.18. The van der Waals surface area contributed by atoms with Crippen molar-refractivity contribution < 1.29 is 14.6 Å². The molecule has 4 nitrogen and oxygen atoms in total. The van der Waals surface area contributed by atoms with Crippen LogP contribution in [0.25, 0.3) is 0 Å². The fraction of sp³-hybridized carbons (Fsp3) is 0.357. The molecule has 2 aromatic rings. The lowest BCUT2D eigenvalue weighted by Gasteiger charge is -2.10. The van der Waals surface area contributed by atoms with Crippen molar-refractivity contribution >= 4 is 11.3 Å². The fourth-order valence-corrected chi connectivity index (χ4v) is 2.40. The molecular formula is C14H17NO3S. The minimum Gasteiger partial charge on any atom is -0.490 e. The molecule has 19 heavy (non-hydrogen) atoms. The molecule has 0 saturated carbocycles. The van der Waals surface area contributed by atoms with Crippen LogP contribution in [-0.4, -0.2) is 23.3 Å². The quantitative estimate of drug-likeness (QED) is 0.846. The molecule has 2 rings (SSSR count). The number of hydrogen-bond donors (Lipinski definition) is 1. The van der Waals surface area contributed by atoms with Crippen molar-refractivity contribution in [1.29, 1.82) is 0 Å². The van der Waals surface area contributed by atoms with E-state index >= 15 is 0 Å². The van der Waals surface area contributed by atoms with E-state index in [1.54, 1.807) is 11.3 Å². The highest BCUT2D eigenvalue weighted by Gasteiger charge is 2.05. The predicted molar refractivity (Wildman–Crippen MR) is 74.8 cm³/mol. The Labute approximate surface area is 116 Å². The van der Waals surface area contributed by atoms with Crippen LogP contribution in [0, 0.1) is 0 Å².